The van der Waals surface area contributed by atoms with E-state index in [9.17, 15) is 17.6 Å². The summed E-state index contributed by atoms with van der Waals surface area (Å²) in [6, 6.07) is 1.11. The summed E-state index contributed by atoms with van der Waals surface area (Å²) in [7, 11) is -2.97. The number of benzene rings is 1. The molecule has 1 aliphatic heterocycles. The smallest absolute Gasteiger partial charge is 0.324 e. The number of nitrogen functional groups attached to an aromatic ring is 1. The van der Waals surface area contributed by atoms with Crippen LogP contribution in [0.1, 0.15) is 12.8 Å². The molecule has 1 fully saturated rings. The predicted molar refractivity (Wildman–Crippen MR) is 77.4 cm³/mol. The van der Waals surface area contributed by atoms with Gasteiger partial charge in [0.25, 0.3) is 0 Å². The molecule has 0 aliphatic carbocycles. The van der Waals surface area contributed by atoms with Crippen LogP contribution in [0.15, 0.2) is 21.5 Å². The van der Waals surface area contributed by atoms with Crippen molar-refractivity contribution in [3.8, 4) is 0 Å². The van der Waals surface area contributed by atoms with E-state index in [2.05, 4.69) is 20.7 Å². The number of ether oxygens (including phenoxy) is 1. The van der Waals surface area contributed by atoms with E-state index in [4.69, 9.17) is 5.73 Å². The van der Waals surface area contributed by atoms with E-state index in [0.717, 1.165) is 16.4 Å². The van der Waals surface area contributed by atoms with Crippen molar-refractivity contribution in [2.24, 2.45) is 0 Å². The van der Waals surface area contributed by atoms with Gasteiger partial charge in [-0.05, 0) is 40.9 Å². The SMILES string of the molecule is COC(=O)C1CCCN1S(=O)(=O)c1cc(N)c(Br)cc1F. The number of anilines is 1. The predicted octanol–water partition coefficient (Wildman–Crippen LogP) is 1.50. The van der Waals surface area contributed by atoms with Crippen LogP contribution in [0.3, 0.4) is 0 Å². The zero-order chi connectivity index (χ0) is 15.8. The van der Waals surface area contributed by atoms with Crippen LogP contribution >= 0.6 is 15.9 Å². The monoisotopic (exact) mass is 380 g/mol. The highest BCUT2D eigenvalue weighted by Gasteiger charge is 2.41. The Labute approximate surface area is 130 Å². The molecule has 0 bridgehead atoms. The van der Waals surface area contributed by atoms with Crippen molar-refractivity contribution in [2.45, 2.75) is 23.8 Å². The van der Waals surface area contributed by atoms with Gasteiger partial charge in [0.15, 0.2) is 0 Å². The summed E-state index contributed by atoms with van der Waals surface area (Å²) in [5, 5.41) is 0. The van der Waals surface area contributed by atoms with Crippen LogP contribution < -0.4 is 5.73 Å². The Bertz CT molecular complexity index is 680. The summed E-state index contributed by atoms with van der Waals surface area (Å²) in [6.45, 7) is 0.136. The third-order valence-electron chi connectivity index (χ3n) is 3.31. The summed E-state index contributed by atoms with van der Waals surface area (Å²) >= 11 is 3.03. The minimum Gasteiger partial charge on any atom is -0.468 e. The number of carbonyl (C=O) groups excluding carboxylic acids is 1. The molecule has 0 aromatic heterocycles. The lowest BCUT2D eigenvalue weighted by Gasteiger charge is -2.22. The summed E-state index contributed by atoms with van der Waals surface area (Å²) in [5.74, 6) is -1.58. The van der Waals surface area contributed by atoms with Crippen LogP contribution in [-0.4, -0.2) is 38.4 Å². The Balaban J connectivity index is 2.47. The fourth-order valence-corrected chi connectivity index (χ4v) is 4.31. The van der Waals surface area contributed by atoms with Crippen molar-refractivity contribution in [2.75, 3.05) is 19.4 Å². The fourth-order valence-electron chi connectivity index (χ4n) is 2.27. The fraction of sp³-hybridized carbons (Fsp3) is 0.417. The number of carbonyl (C=O) groups is 1. The van der Waals surface area contributed by atoms with Gasteiger partial charge in [-0.3, -0.25) is 4.79 Å². The molecule has 2 N–H and O–H groups in total. The topological polar surface area (TPSA) is 89.7 Å². The number of hydrogen-bond acceptors (Lipinski definition) is 5. The molecule has 1 aliphatic rings. The molecule has 0 amide bonds. The molecule has 21 heavy (non-hydrogen) atoms. The second-order valence-electron chi connectivity index (χ2n) is 4.60. The lowest BCUT2D eigenvalue weighted by atomic mass is 10.2. The average Bonchev–Trinajstić information content (AvgIpc) is 2.91. The molecule has 1 aromatic rings. The molecule has 1 saturated heterocycles. The van der Waals surface area contributed by atoms with Gasteiger partial charge in [-0.25, -0.2) is 12.8 Å². The highest BCUT2D eigenvalue weighted by Crippen LogP contribution is 2.31. The Morgan fingerprint density at radius 2 is 2.19 bits per heavy atom. The van der Waals surface area contributed by atoms with Crippen molar-refractivity contribution < 1.29 is 22.3 Å². The van der Waals surface area contributed by atoms with E-state index in [1.165, 1.54) is 7.11 Å². The van der Waals surface area contributed by atoms with Gasteiger partial charge in [0.2, 0.25) is 10.0 Å². The van der Waals surface area contributed by atoms with Gasteiger partial charge < -0.3 is 10.5 Å². The highest BCUT2D eigenvalue weighted by molar-refractivity contribution is 9.10. The second-order valence-corrected chi connectivity index (χ2v) is 7.31. The molecule has 9 heteroatoms. The van der Waals surface area contributed by atoms with Crippen molar-refractivity contribution in [3.05, 3.63) is 22.4 Å². The van der Waals surface area contributed by atoms with Gasteiger partial charge in [-0.15, -0.1) is 0 Å². The van der Waals surface area contributed by atoms with Crippen molar-refractivity contribution in [3.63, 3.8) is 0 Å². The van der Waals surface area contributed by atoms with Gasteiger partial charge in [0.05, 0.1) is 7.11 Å². The number of nitrogens with two attached hydrogens (primary N) is 1. The highest BCUT2D eigenvalue weighted by atomic mass is 79.9. The molecule has 1 aromatic carbocycles. The molecular formula is C12H14BrFN2O4S. The van der Waals surface area contributed by atoms with Crippen LogP contribution in [0.25, 0.3) is 0 Å². The molecule has 0 radical (unpaired) electrons. The van der Waals surface area contributed by atoms with Gasteiger partial charge in [0, 0.05) is 16.7 Å². The van der Waals surface area contributed by atoms with E-state index >= 15 is 0 Å². The van der Waals surface area contributed by atoms with Crippen LogP contribution in [-0.2, 0) is 19.6 Å². The number of nitrogens with zero attached hydrogens (tertiary/aromatic N) is 1. The van der Waals surface area contributed by atoms with Crippen LogP contribution in [0.4, 0.5) is 10.1 Å². The number of esters is 1. The Morgan fingerprint density at radius 3 is 2.81 bits per heavy atom. The van der Waals surface area contributed by atoms with Crippen molar-refractivity contribution in [1.29, 1.82) is 0 Å². The average molecular weight is 381 g/mol. The number of methoxy groups -OCH3 is 1. The maximum Gasteiger partial charge on any atom is 0.324 e. The van der Waals surface area contributed by atoms with Crippen molar-refractivity contribution >= 4 is 37.6 Å². The van der Waals surface area contributed by atoms with Crippen LogP contribution in [0, 0.1) is 5.82 Å². The molecule has 0 saturated carbocycles. The van der Waals surface area contributed by atoms with Crippen molar-refractivity contribution in [1.82, 2.24) is 4.31 Å². The quantitative estimate of drug-likeness (QED) is 0.633. The van der Waals surface area contributed by atoms with E-state index in [0.29, 0.717) is 12.8 Å². The molecule has 1 unspecified atom stereocenters. The Hall–Kier alpha value is -1.19. The second kappa shape index (κ2) is 5.90. The first-order chi connectivity index (χ1) is 9.78. The molecule has 2 rings (SSSR count). The molecule has 6 nitrogen and oxygen atoms in total. The summed E-state index contributed by atoms with van der Waals surface area (Å²) in [4.78, 5) is 11.1. The molecular weight excluding hydrogens is 367 g/mol. The zero-order valence-electron chi connectivity index (χ0n) is 11.2. The Morgan fingerprint density at radius 1 is 1.52 bits per heavy atom. The van der Waals surface area contributed by atoms with Gasteiger partial charge in [-0.1, -0.05) is 0 Å². The standard InChI is InChI=1S/C12H14BrFN2O4S/c1-20-12(17)10-3-2-4-16(10)21(18,19)11-6-9(15)7(13)5-8(11)14/h5-6,10H,2-4,15H2,1H3. The van der Waals surface area contributed by atoms with E-state index in [-0.39, 0.29) is 16.7 Å². The number of rotatable bonds is 3. The van der Waals surface area contributed by atoms with Gasteiger partial charge in [0.1, 0.15) is 16.8 Å². The zero-order valence-corrected chi connectivity index (χ0v) is 13.6. The van der Waals surface area contributed by atoms with Gasteiger partial charge >= 0.3 is 5.97 Å². The molecule has 1 heterocycles. The summed E-state index contributed by atoms with van der Waals surface area (Å²) < 4.78 is 44.9. The number of halogens is 2. The van der Waals surface area contributed by atoms with E-state index in [1.807, 2.05) is 0 Å². The summed E-state index contributed by atoms with van der Waals surface area (Å²) in [5.41, 5.74) is 5.72. The summed E-state index contributed by atoms with van der Waals surface area (Å²) in [6.07, 6.45) is 0.853. The normalized spacial score (nSPS) is 19.7. The first kappa shape index (κ1) is 16.2. The van der Waals surface area contributed by atoms with E-state index in [1.54, 1.807) is 0 Å². The minimum atomic E-state index is -4.16. The van der Waals surface area contributed by atoms with Crippen LogP contribution in [0.5, 0.6) is 0 Å². The maximum atomic E-state index is 14.0. The van der Waals surface area contributed by atoms with E-state index < -0.39 is 32.7 Å². The molecule has 0 spiro atoms. The maximum absolute atomic E-state index is 14.0. The first-order valence-electron chi connectivity index (χ1n) is 6.13. The lowest BCUT2D eigenvalue weighted by Crippen LogP contribution is -2.41. The molecule has 116 valence electrons. The number of sulfonamides is 1. The lowest BCUT2D eigenvalue weighted by molar-refractivity contribution is -0.144. The third-order valence-corrected chi connectivity index (χ3v) is 5.92. The van der Waals surface area contributed by atoms with Crippen LogP contribution in [0.2, 0.25) is 0 Å². The minimum absolute atomic E-state index is 0.101. The first-order valence-corrected chi connectivity index (χ1v) is 8.36. The molecule has 1 atom stereocenters. The third kappa shape index (κ3) is 2.90. The number of hydrogen-bond donors (Lipinski definition) is 1. The Kier molecular flexibility index (Phi) is 4.54. The van der Waals surface area contributed by atoms with Gasteiger partial charge in [-0.2, -0.15) is 4.31 Å². The largest absolute Gasteiger partial charge is 0.468 e.